The quantitative estimate of drug-likeness (QED) is 0.435. The van der Waals surface area contributed by atoms with E-state index in [9.17, 15) is 0 Å². The Bertz CT molecular complexity index is 74.1. The van der Waals surface area contributed by atoms with Crippen LogP contribution in [0.3, 0.4) is 0 Å². The zero-order chi connectivity index (χ0) is 4.69. The zero-order valence-electron chi connectivity index (χ0n) is 4.18. The van der Waals surface area contributed by atoms with Crippen LogP contribution in [0.15, 0.2) is 0 Å². The van der Waals surface area contributed by atoms with E-state index in [4.69, 9.17) is 4.74 Å². The molecule has 2 aliphatic rings. The highest BCUT2D eigenvalue weighted by Crippen LogP contribution is 2.26. The molecule has 0 bridgehead atoms. The first-order chi connectivity index (χ1) is 3.47. The molecule has 2 saturated heterocycles. The van der Waals surface area contributed by atoms with Gasteiger partial charge in [0.05, 0.1) is 6.10 Å². The fourth-order valence-electron chi connectivity index (χ4n) is 1.09. The molecule has 7 heavy (non-hydrogen) atoms. The van der Waals surface area contributed by atoms with E-state index in [0.29, 0.717) is 12.3 Å². The van der Waals surface area contributed by atoms with Gasteiger partial charge in [0.2, 0.25) is 0 Å². The van der Waals surface area contributed by atoms with E-state index in [-0.39, 0.29) is 0 Å². The van der Waals surface area contributed by atoms with Crippen molar-refractivity contribution in [1.29, 1.82) is 0 Å². The van der Waals surface area contributed by atoms with E-state index in [2.05, 4.69) is 5.32 Å². The lowest BCUT2D eigenvalue weighted by Crippen LogP contribution is -2.25. The summed E-state index contributed by atoms with van der Waals surface area (Å²) in [6.45, 7) is 1.15. The second kappa shape index (κ2) is 1.20. The molecule has 0 aromatic rings. The van der Waals surface area contributed by atoms with Crippen LogP contribution >= 0.6 is 0 Å². The molecule has 40 valence electrons. The van der Waals surface area contributed by atoms with Crippen LogP contribution in [0.25, 0.3) is 0 Å². The maximum absolute atomic E-state index is 5.17. The Morgan fingerprint density at radius 3 is 3.14 bits per heavy atom. The van der Waals surface area contributed by atoms with E-state index in [1.807, 2.05) is 0 Å². The average molecular weight is 99.1 g/mol. The van der Waals surface area contributed by atoms with Crippen molar-refractivity contribution in [1.82, 2.24) is 5.32 Å². The smallest absolute Gasteiger partial charge is 0.135 e. The molecule has 0 saturated carbocycles. The van der Waals surface area contributed by atoms with E-state index >= 15 is 0 Å². The predicted molar refractivity (Wildman–Crippen MR) is 25.9 cm³/mol. The van der Waals surface area contributed by atoms with Gasteiger partial charge in [0.15, 0.2) is 0 Å². The highest BCUT2D eigenvalue weighted by atomic mass is 16.6. The number of hydrogen-bond acceptors (Lipinski definition) is 2. The Balaban J connectivity index is 1.95. The fourth-order valence-corrected chi connectivity index (χ4v) is 1.09. The first kappa shape index (κ1) is 3.87. The number of ether oxygens (including phenoxy) is 1. The van der Waals surface area contributed by atoms with Gasteiger partial charge in [-0.1, -0.05) is 0 Å². The number of piperidine rings is 1. The first-order valence-electron chi connectivity index (χ1n) is 2.86. The molecule has 0 spiro atoms. The largest absolute Gasteiger partial charge is 0.353 e. The van der Waals surface area contributed by atoms with Gasteiger partial charge in [0.25, 0.3) is 0 Å². The summed E-state index contributed by atoms with van der Waals surface area (Å²) < 4.78 is 5.17. The van der Waals surface area contributed by atoms with Gasteiger partial charge >= 0.3 is 0 Å². The third kappa shape index (κ3) is 0.545. The van der Waals surface area contributed by atoms with Crippen molar-refractivity contribution >= 4 is 0 Å². The third-order valence-electron chi connectivity index (χ3n) is 1.59. The van der Waals surface area contributed by atoms with Crippen LogP contribution in [0.5, 0.6) is 0 Å². The number of fused-ring (bicyclic) bond motifs is 1. The number of nitrogens with one attached hydrogen (secondary N) is 1. The van der Waals surface area contributed by atoms with Crippen molar-refractivity contribution < 1.29 is 4.74 Å². The lowest BCUT2D eigenvalue weighted by atomic mass is 10.2. The molecular formula is C5H9NO. The van der Waals surface area contributed by atoms with E-state index in [1.54, 1.807) is 0 Å². The standard InChI is InChI=1S/C5H9NO/c1-2-4-5(7-4)6-3-1/h4-6H,1-3H2/t4-,5?/m1/s1. The lowest BCUT2D eigenvalue weighted by Gasteiger charge is -2.03. The molecule has 2 fully saturated rings. The summed E-state index contributed by atoms with van der Waals surface area (Å²) >= 11 is 0. The maximum atomic E-state index is 5.17. The molecule has 1 unspecified atom stereocenters. The Labute approximate surface area is 42.9 Å². The molecule has 2 heteroatoms. The molecule has 0 aliphatic carbocycles. The molecule has 2 atom stereocenters. The molecule has 0 aromatic heterocycles. The monoisotopic (exact) mass is 99.1 g/mol. The zero-order valence-corrected chi connectivity index (χ0v) is 4.18. The van der Waals surface area contributed by atoms with Crippen LogP contribution in [0.1, 0.15) is 12.8 Å². The van der Waals surface area contributed by atoms with Gasteiger partial charge in [-0.15, -0.1) is 0 Å². The predicted octanol–water partition coefficient (Wildman–Crippen LogP) is 0.0947. The van der Waals surface area contributed by atoms with Gasteiger partial charge in [-0.25, -0.2) is 0 Å². The average Bonchev–Trinajstić information content (AvgIpc) is 2.41. The summed E-state index contributed by atoms with van der Waals surface area (Å²) in [5, 5.41) is 3.23. The number of epoxide rings is 1. The van der Waals surface area contributed by atoms with Crippen LogP contribution in [0.4, 0.5) is 0 Å². The minimum atomic E-state index is 0.453. The topological polar surface area (TPSA) is 24.6 Å². The van der Waals surface area contributed by atoms with Gasteiger partial charge in [-0.05, 0) is 19.4 Å². The van der Waals surface area contributed by atoms with Crippen LogP contribution < -0.4 is 5.32 Å². The second-order valence-electron chi connectivity index (χ2n) is 2.19. The van der Waals surface area contributed by atoms with Gasteiger partial charge in [0.1, 0.15) is 6.23 Å². The van der Waals surface area contributed by atoms with E-state index in [0.717, 1.165) is 6.54 Å². The molecule has 2 nitrogen and oxygen atoms in total. The maximum Gasteiger partial charge on any atom is 0.135 e. The molecule has 2 aliphatic heterocycles. The Morgan fingerprint density at radius 1 is 1.57 bits per heavy atom. The third-order valence-corrected chi connectivity index (χ3v) is 1.59. The van der Waals surface area contributed by atoms with Gasteiger partial charge in [-0.2, -0.15) is 0 Å². The molecule has 1 N–H and O–H groups in total. The highest BCUT2D eigenvalue weighted by Gasteiger charge is 2.39. The molecule has 0 aromatic carbocycles. The van der Waals surface area contributed by atoms with Crippen LogP contribution in [0, 0.1) is 0 Å². The van der Waals surface area contributed by atoms with Gasteiger partial charge in [-0.3, -0.25) is 5.32 Å². The van der Waals surface area contributed by atoms with Crippen molar-refractivity contribution in [2.45, 2.75) is 25.2 Å². The highest BCUT2D eigenvalue weighted by molar-refractivity contribution is 4.86. The summed E-state index contributed by atoms with van der Waals surface area (Å²) in [5.41, 5.74) is 0. The normalized spacial score (nSPS) is 48.0. The molecular weight excluding hydrogens is 90.1 g/mol. The van der Waals surface area contributed by atoms with Crippen LogP contribution in [0.2, 0.25) is 0 Å². The van der Waals surface area contributed by atoms with Crippen molar-refractivity contribution in [3.8, 4) is 0 Å². The van der Waals surface area contributed by atoms with Crippen molar-refractivity contribution in [3.63, 3.8) is 0 Å². The van der Waals surface area contributed by atoms with Crippen LogP contribution in [-0.4, -0.2) is 18.9 Å². The van der Waals surface area contributed by atoms with Gasteiger partial charge in [0, 0.05) is 0 Å². The van der Waals surface area contributed by atoms with Crippen LogP contribution in [-0.2, 0) is 4.74 Å². The summed E-state index contributed by atoms with van der Waals surface area (Å²) in [5.74, 6) is 0. The summed E-state index contributed by atoms with van der Waals surface area (Å²) in [7, 11) is 0. The minimum absolute atomic E-state index is 0.453. The molecule has 2 heterocycles. The van der Waals surface area contributed by atoms with Gasteiger partial charge < -0.3 is 4.74 Å². The minimum Gasteiger partial charge on any atom is -0.353 e. The number of hydrogen-bond donors (Lipinski definition) is 1. The molecule has 2 rings (SSSR count). The summed E-state index contributed by atoms with van der Waals surface area (Å²) in [6, 6.07) is 0. The summed E-state index contributed by atoms with van der Waals surface area (Å²) in [4.78, 5) is 0. The van der Waals surface area contributed by atoms with E-state index in [1.165, 1.54) is 12.8 Å². The Hall–Kier alpha value is -0.0800. The lowest BCUT2D eigenvalue weighted by molar-refractivity contribution is 0.360. The number of rotatable bonds is 0. The summed E-state index contributed by atoms with van der Waals surface area (Å²) in [6.07, 6.45) is 3.61. The second-order valence-corrected chi connectivity index (χ2v) is 2.19. The van der Waals surface area contributed by atoms with Crippen molar-refractivity contribution in [2.75, 3.05) is 6.54 Å². The first-order valence-corrected chi connectivity index (χ1v) is 2.86. The Morgan fingerprint density at radius 2 is 2.57 bits per heavy atom. The Kier molecular flexibility index (Phi) is 0.664. The van der Waals surface area contributed by atoms with Crippen molar-refractivity contribution in [3.05, 3.63) is 0 Å². The molecule has 0 radical (unpaired) electrons. The fraction of sp³-hybridized carbons (Fsp3) is 1.00. The van der Waals surface area contributed by atoms with Crippen molar-refractivity contribution in [2.24, 2.45) is 0 Å². The molecule has 0 amide bonds. The van der Waals surface area contributed by atoms with E-state index < -0.39 is 0 Å². The SMILES string of the molecule is C1CNC2O[C@@H]2C1.